The minimum atomic E-state index is -0.649. The van der Waals surface area contributed by atoms with Crippen molar-refractivity contribution in [3.63, 3.8) is 0 Å². The first-order chi connectivity index (χ1) is 17.3. The maximum atomic E-state index is 14.1. The summed E-state index contributed by atoms with van der Waals surface area (Å²) < 4.78 is 28.1. The molecule has 0 spiro atoms. The minimum Gasteiger partial charge on any atom is -0.506 e. The monoisotopic (exact) mass is 503 g/mol. The second-order valence-electron chi connectivity index (χ2n) is 11.1. The number of hydrogen-bond acceptors (Lipinski definition) is 3. The van der Waals surface area contributed by atoms with Gasteiger partial charge in [0, 0.05) is 28.8 Å². The van der Waals surface area contributed by atoms with Crippen molar-refractivity contribution in [1.82, 2.24) is 0 Å². The SMILES string of the molecule is C=C(/C=C1\C(=O)C(/C=C2\N(CCCC)c3ccc(F)cc3C2(C)C)=C1O)C(C)(C)c1cc(F)ccc1C. The third-order valence-electron chi connectivity index (χ3n) is 7.86. The topological polar surface area (TPSA) is 40.5 Å². The van der Waals surface area contributed by atoms with E-state index in [4.69, 9.17) is 0 Å². The molecule has 1 heterocycles. The number of hydrogen-bond donors (Lipinski definition) is 1. The summed E-state index contributed by atoms with van der Waals surface area (Å²) >= 11 is 0. The van der Waals surface area contributed by atoms with Crippen LogP contribution in [0.3, 0.4) is 0 Å². The van der Waals surface area contributed by atoms with Crippen LogP contribution < -0.4 is 4.90 Å². The molecule has 1 N–H and O–H groups in total. The zero-order valence-corrected chi connectivity index (χ0v) is 22.5. The van der Waals surface area contributed by atoms with Crippen LogP contribution in [0.15, 0.2) is 83.3 Å². The first-order valence-corrected chi connectivity index (χ1v) is 12.8. The predicted octanol–water partition coefficient (Wildman–Crippen LogP) is 7.91. The number of allylic oxidation sites excluding steroid dienone is 6. The number of fused-ring (bicyclic) bond motifs is 1. The van der Waals surface area contributed by atoms with E-state index in [1.54, 1.807) is 30.4 Å². The summed E-state index contributed by atoms with van der Waals surface area (Å²) in [6.45, 7) is 16.8. The Morgan fingerprint density at radius 3 is 2.43 bits per heavy atom. The zero-order chi connectivity index (χ0) is 27.3. The van der Waals surface area contributed by atoms with Gasteiger partial charge in [-0.25, -0.2) is 8.78 Å². The number of ketones is 1. The normalized spacial score (nSPS) is 19.0. The molecule has 2 aromatic rings. The molecule has 4 rings (SSSR count). The lowest BCUT2D eigenvalue weighted by Crippen LogP contribution is -2.30. The number of aryl methyl sites for hydroxylation is 1. The Balaban J connectivity index is 1.71. The van der Waals surface area contributed by atoms with Crippen molar-refractivity contribution in [2.75, 3.05) is 11.4 Å². The quantitative estimate of drug-likeness (QED) is 0.390. The van der Waals surface area contributed by atoms with Gasteiger partial charge in [-0.2, -0.15) is 0 Å². The van der Waals surface area contributed by atoms with Crippen LogP contribution >= 0.6 is 0 Å². The Labute approximate surface area is 218 Å². The number of carbonyl (C=O) groups excluding carboxylic acids is 1. The summed E-state index contributed by atoms with van der Waals surface area (Å²) in [5.74, 6) is -0.992. The fourth-order valence-corrected chi connectivity index (χ4v) is 5.31. The van der Waals surface area contributed by atoms with Crippen LogP contribution in [-0.4, -0.2) is 17.4 Å². The number of halogens is 2. The van der Waals surface area contributed by atoms with Gasteiger partial charge in [0.2, 0.25) is 5.78 Å². The summed E-state index contributed by atoms with van der Waals surface area (Å²) in [6, 6.07) is 9.42. The highest BCUT2D eigenvalue weighted by Crippen LogP contribution is 2.49. The van der Waals surface area contributed by atoms with Crippen LogP contribution in [0.25, 0.3) is 0 Å². The largest absolute Gasteiger partial charge is 0.506 e. The van der Waals surface area contributed by atoms with Gasteiger partial charge in [-0.1, -0.05) is 53.7 Å². The molecular formula is C32H35F2NO2. The van der Waals surface area contributed by atoms with Crippen molar-refractivity contribution in [2.45, 2.75) is 65.2 Å². The van der Waals surface area contributed by atoms with Gasteiger partial charge in [0.05, 0.1) is 11.1 Å². The Kier molecular flexibility index (Phi) is 6.78. The molecule has 1 aliphatic heterocycles. The Morgan fingerprint density at radius 1 is 1.14 bits per heavy atom. The fourth-order valence-electron chi connectivity index (χ4n) is 5.31. The van der Waals surface area contributed by atoms with E-state index in [0.29, 0.717) is 5.57 Å². The second-order valence-corrected chi connectivity index (χ2v) is 11.1. The number of rotatable bonds is 7. The predicted molar refractivity (Wildman–Crippen MR) is 146 cm³/mol. The molecule has 2 aliphatic rings. The molecular weight excluding hydrogens is 468 g/mol. The van der Waals surface area contributed by atoms with Crippen LogP contribution in [-0.2, 0) is 15.6 Å². The third kappa shape index (κ3) is 4.45. The number of Topliss-reactive ketones (excluding diaryl/α,β-unsaturated/α-hetero) is 1. The van der Waals surface area contributed by atoms with Gasteiger partial charge < -0.3 is 10.0 Å². The number of aliphatic hydroxyl groups is 1. The number of unbranched alkanes of at least 4 members (excludes halogenated alkanes) is 1. The lowest BCUT2D eigenvalue weighted by atomic mass is 9.74. The lowest BCUT2D eigenvalue weighted by Gasteiger charge is -2.31. The van der Waals surface area contributed by atoms with E-state index in [9.17, 15) is 18.7 Å². The zero-order valence-electron chi connectivity index (χ0n) is 22.5. The van der Waals surface area contributed by atoms with Crippen LogP contribution in [0, 0.1) is 18.6 Å². The van der Waals surface area contributed by atoms with Crippen LogP contribution in [0.2, 0.25) is 0 Å². The number of nitrogens with zero attached hydrogens (tertiary/aromatic N) is 1. The lowest BCUT2D eigenvalue weighted by molar-refractivity contribution is -0.113. The standard InChI is InChI=1S/C32H35F2NO2/c1-8-9-14-35-27-13-12-22(34)17-26(27)32(6,7)28(35)18-24-29(36)23(30(24)37)15-20(3)31(4,5)25-16-21(33)11-10-19(25)2/h10-13,15-18,36H,3,8-9,14H2,1-2,4-7H3/b23-15-,28-18-. The molecule has 5 heteroatoms. The van der Waals surface area contributed by atoms with Gasteiger partial charge in [-0.05, 0) is 78.1 Å². The Morgan fingerprint density at radius 2 is 1.78 bits per heavy atom. The molecule has 0 atom stereocenters. The summed E-state index contributed by atoms with van der Waals surface area (Å²) in [5, 5.41) is 10.9. The smallest absolute Gasteiger partial charge is 0.200 e. The van der Waals surface area contributed by atoms with Crippen molar-refractivity contribution < 1.29 is 18.7 Å². The van der Waals surface area contributed by atoms with Crippen molar-refractivity contribution >= 4 is 11.5 Å². The molecule has 0 aromatic heterocycles. The first kappa shape index (κ1) is 26.6. The maximum Gasteiger partial charge on any atom is 0.200 e. The number of aliphatic hydroxyl groups excluding tert-OH is 1. The third-order valence-corrected chi connectivity index (χ3v) is 7.86. The average molecular weight is 504 g/mol. The number of carbonyl (C=O) groups is 1. The Bertz CT molecular complexity index is 1390. The average Bonchev–Trinajstić information content (AvgIpc) is 3.05. The molecule has 37 heavy (non-hydrogen) atoms. The van der Waals surface area contributed by atoms with Gasteiger partial charge in [-0.15, -0.1) is 0 Å². The summed E-state index contributed by atoms with van der Waals surface area (Å²) in [7, 11) is 0. The highest BCUT2D eigenvalue weighted by atomic mass is 19.1. The molecule has 0 bridgehead atoms. The van der Waals surface area contributed by atoms with Crippen LogP contribution in [0.5, 0.6) is 0 Å². The van der Waals surface area contributed by atoms with E-state index in [2.05, 4.69) is 18.4 Å². The van der Waals surface area contributed by atoms with Crippen molar-refractivity contribution in [3.05, 3.63) is 112 Å². The van der Waals surface area contributed by atoms with Gasteiger partial charge in [-0.3, -0.25) is 4.79 Å². The highest BCUT2D eigenvalue weighted by molar-refractivity contribution is 6.21. The second kappa shape index (κ2) is 9.44. The van der Waals surface area contributed by atoms with E-state index in [-0.39, 0.29) is 34.3 Å². The molecule has 0 amide bonds. The van der Waals surface area contributed by atoms with Crippen molar-refractivity contribution in [1.29, 1.82) is 0 Å². The molecule has 1 aliphatic carbocycles. The van der Waals surface area contributed by atoms with Crippen LogP contribution in [0.1, 0.15) is 64.2 Å². The van der Waals surface area contributed by atoms with Gasteiger partial charge in [0.1, 0.15) is 17.4 Å². The molecule has 2 aromatic carbocycles. The van der Waals surface area contributed by atoms with Gasteiger partial charge in [0.15, 0.2) is 0 Å². The van der Waals surface area contributed by atoms with E-state index in [1.807, 2.05) is 34.6 Å². The molecule has 0 radical (unpaired) electrons. The van der Waals surface area contributed by atoms with Crippen molar-refractivity contribution in [2.24, 2.45) is 0 Å². The fraction of sp³-hybridized carbons (Fsp3) is 0.344. The highest BCUT2D eigenvalue weighted by Gasteiger charge is 2.42. The van der Waals surface area contributed by atoms with E-state index < -0.39 is 10.8 Å². The summed E-state index contributed by atoms with van der Waals surface area (Å²) in [4.78, 5) is 15.4. The minimum absolute atomic E-state index is 0.0845. The number of benzene rings is 2. The molecule has 3 nitrogen and oxygen atoms in total. The van der Waals surface area contributed by atoms with E-state index in [0.717, 1.165) is 47.5 Å². The molecule has 0 unspecified atom stereocenters. The van der Waals surface area contributed by atoms with Gasteiger partial charge >= 0.3 is 0 Å². The van der Waals surface area contributed by atoms with Crippen LogP contribution in [0.4, 0.5) is 14.5 Å². The van der Waals surface area contributed by atoms with E-state index in [1.165, 1.54) is 18.2 Å². The summed E-state index contributed by atoms with van der Waals surface area (Å²) in [5.41, 5.74) is 4.16. The maximum absolute atomic E-state index is 14.1. The molecule has 194 valence electrons. The number of anilines is 1. The molecule has 0 fully saturated rings. The Hall–Kier alpha value is -3.47. The van der Waals surface area contributed by atoms with Crippen molar-refractivity contribution in [3.8, 4) is 0 Å². The molecule has 0 saturated carbocycles. The summed E-state index contributed by atoms with van der Waals surface area (Å²) in [6.07, 6.45) is 5.27. The first-order valence-electron chi connectivity index (χ1n) is 12.8. The van der Waals surface area contributed by atoms with Gasteiger partial charge in [0.25, 0.3) is 0 Å². The molecule has 0 saturated heterocycles. The van der Waals surface area contributed by atoms with E-state index >= 15 is 0 Å².